The molecule has 0 saturated heterocycles. The van der Waals surface area contributed by atoms with Gasteiger partial charge in [0.2, 0.25) is 0 Å². The molecule has 0 radical (unpaired) electrons. The van der Waals surface area contributed by atoms with E-state index in [4.69, 9.17) is 0 Å². The van der Waals surface area contributed by atoms with Crippen LogP contribution in [0, 0.1) is 24.6 Å². The van der Waals surface area contributed by atoms with E-state index in [1.165, 1.54) is 31.4 Å². The van der Waals surface area contributed by atoms with Crippen LogP contribution in [0.4, 0.5) is 4.39 Å². The van der Waals surface area contributed by atoms with Gasteiger partial charge in [0.25, 0.3) is 0 Å². The van der Waals surface area contributed by atoms with Gasteiger partial charge in [-0.15, -0.1) is 10.2 Å². The van der Waals surface area contributed by atoms with Gasteiger partial charge in [0.1, 0.15) is 23.2 Å². The van der Waals surface area contributed by atoms with Gasteiger partial charge in [0, 0.05) is 37.3 Å². The van der Waals surface area contributed by atoms with Crippen molar-refractivity contribution in [3.63, 3.8) is 0 Å². The van der Waals surface area contributed by atoms with Crippen molar-refractivity contribution in [1.82, 2.24) is 14.8 Å². The third-order valence-electron chi connectivity index (χ3n) is 7.08. The lowest BCUT2D eigenvalue weighted by molar-refractivity contribution is -0.118. The summed E-state index contributed by atoms with van der Waals surface area (Å²) in [5, 5.41) is 18.9. The number of halogens is 1. The Morgan fingerprint density at radius 3 is 2.62 bits per heavy atom. The monoisotopic (exact) mass is 441 g/mol. The molecule has 0 spiro atoms. The fourth-order valence-corrected chi connectivity index (χ4v) is 5.28. The molecule has 1 aromatic heterocycles. The Hall–Kier alpha value is -2.08. The highest BCUT2D eigenvalue weighted by molar-refractivity contribution is 5.81. The van der Waals surface area contributed by atoms with Crippen molar-refractivity contribution in [2.24, 2.45) is 11.8 Å². The van der Waals surface area contributed by atoms with Crippen molar-refractivity contribution in [3.8, 4) is 0 Å². The van der Waals surface area contributed by atoms with E-state index in [-0.39, 0.29) is 30.5 Å². The van der Waals surface area contributed by atoms with Crippen molar-refractivity contribution in [1.29, 1.82) is 0 Å². The van der Waals surface area contributed by atoms with Crippen molar-refractivity contribution >= 4 is 5.78 Å². The molecule has 32 heavy (non-hydrogen) atoms. The van der Waals surface area contributed by atoms with Gasteiger partial charge >= 0.3 is 0 Å². The molecule has 1 heterocycles. The Balaban J connectivity index is 1.48. The zero-order chi connectivity index (χ0) is 22.8. The van der Waals surface area contributed by atoms with E-state index in [2.05, 4.69) is 28.6 Å². The first-order chi connectivity index (χ1) is 15.4. The van der Waals surface area contributed by atoms with E-state index in [0.717, 1.165) is 47.5 Å². The number of carbonyl (C=O) groups excluding carboxylic acids is 1. The molecule has 4 rings (SSSR count). The zero-order valence-corrected chi connectivity index (χ0v) is 19.6. The van der Waals surface area contributed by atoms with Crippen LogP contribution in [0.1, 0.15) is 99.4 Å². The molecule has 1 N–H and O–H groups in total. The van der Waals surface area contributed by atoms with Crippen LogP contribution in [0.3, 0.4) is 0 Å². The number of aromatic nitrogens is 3. The number of aliphatic hydroxyl groups is 1. The minimum Gasteiger partial charge on any atom is -0.396 e. The van der Waals surface area contributed by atoms with Crippen LogP contribution < -0.4 is 0 Å². The fourth-order valence-electron chi connectivity index (χ4n) is 5.28. The van der Waals surface area contributed by atoms with E-state index in [1.54, 1.807) is 6.07 Å². The summed E-state index contributed by atoms with van der Waals surface area (Å²) in [6.07, 6.45) is 6.99. The summed E-state index contributed by atoms with van der Waals surface area (Å²) in [7, 11) is 0. The van der Waals surface area contributed by atoms with E-state index in [9.17, 15) is 14.3 Å². The molecule has 2 aliphatic rings. The number of aryl methyl sites for hydroxylation is 1. The van der Waals surface area contributed by atoms with E-state index < -0.39 is 0 Å². The topological polar surface area (TPSA) is 68.0 Å². The lowest BCUT2D eigenvalue weighted by Crippen LogP contribution is -2.26. The molecule has 0 amide bonds. The SMILES string of the molecule is Cc1cc(F)ccc1CC(=O)C[C@H](CCO)c1nnc(C2CC(CC(C)C)C2)n1C1CC1. The van der Waals surface area contributed by atoms with Crippen molar-refractivity contribution in [2.45, 2.75) is 90.0 Å². The average molecular weight is 442 g/mol. The number of Topliss-reactive ketones (excluding diaryl/α,β-unsaturated/α-hetero) is 1. The van der Waals surface area contributed by atoms with Gasteiger partial charge in [-0.2, -0.15) is 0 Å². The summed E-state index contributed by atoms with van der Waals surface area (Å²) in [5.41, 5.74) is 1.65. The summed E-state index contributed by atoms with van der Waals surface area (Å²) >= 11 is 0. The van der Waals surface area contributed by atoms with Crippen LogP contribution >= 0.6 is 0 Å². The number of nitrogens with zero attached hydrogens (tertiary/aromatic N) is 3. The van der Waals surface area contributed by atoms with Crippen LogP contribution in [0.2, 0.25) is 0 Å². The van der Waals surface area contributed by atoms with Gasteiger partial charge in [-0.3, -0.25) is 4.79 Å². The molecular weight excluding hydrogens is 405 g/mol. The number of rotatable bonds is 11. The van der Waals surface area contributed by atoms with E-state index in [1.807, 2.05) is 6.92 Å². The van der Waals surface area contributed by atoms with Crippen molar-refractivity contribution < 1.29 is 14.3 Å². The second-order valence-electron chi connectivity index (χ2n) is 10.4. The van der Waals surface area contributed by atoms with Crippen LogP contribution in [0.15, 0.2) is 18.2 Å². The first-order valence-electron chi connectivity index (χ1n) is 12.2. The van der Waals surface area contributed by atoms with Gasteiger partial charge in [0.05, 0.1) is 0 Å². The maximum Gasteiger partial charge on any atom is 0.138 e. The Morgan fingerprint density at radius 2 is 2.00 bits per heavy atom. The first-order valence-corrected chi connectivity index (χ1v) is 12.2. The number of aliphatic hydroxyl groups excluding tert-OH is 1. The molecule has 0 unspecified atom stereocenters. The predicted octanol–water partition coefficient (Wildman–Crippen LogP) is 5.27. The lowest BCUT2D eigenvalue weighted by atomic mass is 9.71. The van der Waals surface area contributed by atoms with Gasteiger partial charge in [-0.1, -0.05) is 19.9 Å². The maximum atomic E-state index is 13.4. The molecule has 2 aromatic rings. The van der Waals surface area contributed by atoms with Crippen LogP contribution in [0.5, 0.6) is 0 Å². The van der Waals surface area contributed by atoms with Crippen LogP contribution in [0.25, 0.3) is 0 Å². The number of ketones is 1. The lowest BCUT2D eigenvalue weighted by Gasteiger charge is -2.36. The Kier molecular flexibility index (Phi) is 7.08. The molecule has 0 bridgehead atoms. The highest BCUT2D eigenvalue weighted by Gasteiger charge is 2.39. The molecule has 6 heteroatoms. The van der Waals surface area contributed by atoms with Gasteiger partial charge in [-0.05, 0) is 80.5 Å². The van der Waals surface area contributed by atoms with Gasteiger partial charge < -0.3 is 9.67 Å². The molecule has 174 valence electrons. The van der Waals surface area contributed by atoms with Crippen molar-refractivity contribution in [3.05, 3.63) is 46.8 Å². The third kappa shape index (κ3) is 5.28. The summed E-state index contributed by atoms with van der Waals surface area (Å²) in [4.78, 5) is 12.9. The zero-order valence-electron chi connectivity index (χ0n) is 19.6. The minimum atomic E-state index is -0.284. The Bertz CT molecular complexity index is 945. The summed E-state index contributed by atoms with van der Waals surface area (Å²) < 4.78 is 15.7. The van der Waals surface area contributed by atoms with Gasteiger partial charge in [-0.25, -0.2) is 4.39 Å². The van der Waals surface area contributed by atoms with Crippen molar-refractivity contribution in [2.75, 3.05) is 6.61 Å². The van der Waals surface area contributed by atoms with E-state index >= 15 is 0 Å². The highest BCUT2D eigenvalue weighted by Crippen LogP contribution is 2.48. The largest absolute Gasteiger partial charge is 0.396 e. The summed E-state index contributed by atoms with van der Waals surface area (Å²) in [6.45, 7) is 6.41. The molecule has 2 aliphatic carbocycles. The molecule has 2 saturated carbocycles. The number of hydrogen-bond donors (Lipinski definition) is 1. The molecule has 2 fully saturated rings. The molecule has 5 nitrogen and oxygen atoms in total. The normalized spacial score (nSPS) is 21.6. The highest BCUT2D eigenvalue weighted by atomic mass is 19.1. The summed E-state index contributed by atoms with van der Waals surface area (Å²) in [5.74, 6) is 3.60. The second-order valence-corrected chi connectivity index (χ2v) is 10.4. The molecular formula is C26H36FN3O2. The van der Waals surface area contributed by atoms with Crippen LogP contribution in [-0.2, 0) is 11.2 Å². The predicted molar refractivity (Wildman–Crippen MR) is 122 cm³/mol. The van der Waals surface area contributed by atoms with Gasteiger partial charge in [0.15, 0.2) is 0 Å². The number of hydrogen-bond acceptors (Lipinski definition) is 4. The molecule has 1 aromatic carbocycles. The molecule has 0 aliphatic heterocycles. The molecule has 1 atom stereocenters. The Labute approximate surface area is 190 Å². The second kappa shape index (κ2) is 9.82. The quantitative estimate of drug-likeness (QED) is 0.516. The maximum absolute atomic E-state index is 13.4. The first kappa shape index (κ1) is 23.1. The average Bonchev–Trinajstić information content (AvgIpc) is 3.45. The summed E-state index contributed by atoms with van der Waals surface area (Å²) in [6, 6.07) is 5.00. The fraction of sp³-hybridized carbons (Fsp3) is 0.654. The standard InChI is InChI=1S/C26H36FN3O2/c1-16(2)10-18-12-21(13-18)26-29-28-25(30(26)23-6-7-23)20(8-9-31)15-24(32)14-19-4-5-22(27)11-17(19)3/h4-5,11,16,18,20-21,23,31H,6-10,12-15H2,1-3H3/t18?,20-,21?/m0/s1. The van der Waals surface area contributed by atoms with E-state index in [0.29, 0.717) is 24.8 Å². The smallest absolute Gasteiger partial charge is 0.138 e. The Morgan fingerprint density at radius 1 is 1.25 bits per heavy atom. The minimum absolute atomic E-state index is 0.0142. The third-order valence-corrected chi connectivity index (χ3v) is 7.08. The number of benzene rings is 1. The number of carbonyl (C=O) groups is 1. The van der Waals surface area contributed by atoms with Crippen LogP contribution in [-0.4, -0.2) is 32.3 Å².